The highest BCUT2D eigenvalue weighted by Crippen LogP contribution is 2.27. The summed E-state index contributed by atoms with van der Waals surface area (Å²) in [5, 5.41) is 9.54. The summed E-state index contributed by atoms with van der Waals surface area (Å²) in [4.78, 5) is 25.9. The number of aromatic nitrogens is 1. The molecule has 0 aromatic carbocycles. The van der Waals surface area contributed by atoms with Gasteiger partial charge >= 0.3 is 0 Å². The maximum absolute atomic E-state index is 12.5. The highest BCUT2D eigenvalue weighted by atomic mass is 16.5. The van der Waals surface area contributed by atoms with Crippen LogP contribution in [0, 0.1) is 12.3 Å². The summed E-state index contributed by atoms with van der Waals surface area (Å²) in [6.45, 7) is 5.28. The van der Waals surface area contributed by atoms with Gasteiger partial charge in [-0.1, -0.05) is 5.16 Å². The number of hydrogen-bond donors (Lipinski definition) is 2. The molecule has 1 atom stereocenters. The molecule has 1 fully saturated rings. The molecule has 7 nitrogen and oxygen atoms in total. The molecule has 0 bridgehead atoms. The Labute approximate surface area is 124 Å². The van der Waals surface area contributed by atoms with Gasteiger partial charge in [-0.25, -0.2) is 0 Å². The Morgan fingerprint density at radius 1 is 1.57 bits per heavy atom. The monoisotopic (exact) mass is 294 g/mol. The van der Waals surface area contributed by atoms with Crippen molar-refractivity contribution in [3.8, 4) is 0 Å². The molecule has 2 amide bonds. The van der Waals surface area contributed by atoms with Gasteiger partial charge in [-0.05, 0) is 33.2 Å². The first kappa shape index (κ1) is 15.5. The molecule has 7 heteroatoms. The van der Waals surface area contributed by atoms with Gasteiger partial charge in [0.05, 0.1) is 12.0 Å². The normalized spacial score (nSPS) is 21.9. The molecule has 1 unspecified atom stereocenters. The first-order chi connectivity index (χ1) is 9.90. The molecule has 0 aliphatic carbocycles. The van der Waals surface area contributed by atoms with Gasteiger partial charge in [0.15, 0.2) is 5.82 Å². The van der Waals surface area contributed by atoms with Gasteiger partial charge in [0.2, 0.25) is 11.8 Å². The fourth-order valence-corrected chi connectivity index (χ4v) is 2.59. The standard InChI is InChI=1S/C14H22N4O3/c1-10-7-11(17-21-10)16-12(19)8-18(3)13(20)14(2)5-4-6-15-9-14/h7,15H,4-6,8-9H2,1-3H3,(H,16,17,19). The third-order valence-electron chi connectivity index (χ3n) is 3.74. The van der Waals surface area contributed by atoms with Crippen LogP contribution in [-0.2, 0) is 9.59 Å². The largest absolute Gasteiger partial charge is 0.360 e. The summed E-state index contributed by atoms with van der Waals surface area (Å²) in [6.07, 6.45) is 1.81. The molecule has 1 aliphatic heterocycles. The molecule has 1 saturated heterocycles. The lowest BCUT2D eigenvalue weighted by molar-refractivity contribution is -0.142. The van der Waals surface area contributed by atoms with Crippen molar-refractivity contribution >= 4 is 17.6 Å². The van der Waals surface area contributed by atoms with Crippen molar-refractivity contribution in [2.75, 3.05) is 32.0 Å². The lowest BCUT2D eigenvalue weighted by Gasteiger charge is -2.35. The second-order valence-electron chi connectivity index (χ2n) is 5.87. The fourth-order valence-electron chi connectivity index (χ4n) is 2.59. The van der Waals surface area contributed by atoms with Crippen LogP contribution < -0.4 is 10.6 Å². The van der Waals surface area contributed by atoms with Gasteiger partial charge in [-0.3, -0.25) is 9.59 Å². The lowest BCUT2D eigenvalue weighted by atomic mass is 9.81. The Morgan fingerprint density at radius 3 is 2.90 bits per heavy atom. The molecule has 0 radical (unpaired) electrons. The van der Waals surface area contributed by atoms with Crippen LogP contribution in [0.3, 0.4) is 0 Å². The number of piperidine rings is 1. The SMILES string of the molecule is Cc1cc(NC(=O)CN(C)C(=O)C2(C)CCCNC2)no1. The Hall–Kier alpha value is -1.89. The predicted molar refractivity (Wildman–Crippen MR) is 77.7 cm³/mol. The number of likely N-dealkylation sites (N-methyl/N-ethyl adjacent to an activating group) is 1. The van der Waals surface area contributed by atoms with Crippen molar-refractivity contribution < 1.29 is 14.1 Å². The molecule has 0 spiro atoms. The molecule has 116 valence electrons. The Kier molecular flexibility index (Phi) is 4.62. The molecular formula is C14H22N4O3. The van der Waals surface area contributed by atoms with Crippen LogP contribution in [0.1, 0.15) is 25.5 Å². The Morgan fingerprint density at radius 2 is 2.33 bits per heavy atom. The number of nitrogens with one attached hydrogen (secondary N) is 2. The van der Waals surface area contributed by atoms with E-state index in [-0.39, 0.29) is 18.4 Å². The van der Waals surface area contributed by atoms with E-state index in [1.54, 1.807) is 20.0 Å². The van der Waals surface area contributed by atoms with Crippen molar-refractivity contribution in [1.29, 1.82) is 0 Å². The van der Waals surface area contributed by atoms with E-state index >= 15 is 0 Å². The Balaban J connectivity index is 1.89. The summed E-state index contributed by atoms with van der Waals surface area (Å²) in [7, 11) is 1.65. The number of carbonyl (C=O) groups is 2. The van der Waals surface area contributed by atoms with Crippen molar-refractivity contribution in [2.24, 2.45) is 5.41 Å². The molecule has 2 N–H and O–H groups in total. The van der Waals surface area contributed by atoms with Gasteiger partial charge in [0.1, 0.15) is 5.76 Å². The van der Waals surface area contributed by atoms with E-state index in [1.807, 2.05) is 6.92 Å². The van der Waals surface area contributed by atoms with E-state index in [0.29, 0.717) is 18.1 Å². The molecular weight excluding hydrogens is 272 g/mol. The number of anilines is 1. The van der Waals surface area contributed by atoms with Gasteiger partial charge < -0.3 is 20.1 Å². The molecule has 21 heavy (non-hydrogen) atoms. The van der Waals surface area contributed by atoms with Crippen molar-refractivity contribution in [2.45, 2.75) is 26.7 Å². The number of hydrogen-bond acceptors (Lipinski definition) is 5. The van der Waals surface area contributed by atoms with Gasteiger partial charge in [0.25, 0.3) is 0 Å². The van der Waals surface area contributed by atoms with Crippen LogP contribution >= 0.6 is 0 Å². The molecule has 0 saturated carbocycles. The highest BCUT2D eigenvalue weighted by Gasteiger charge is 2.37. The summed E-state index contributed by atoms with van der Waals surface area (Å²) >= 11 is 0. The number of rotatable bonds is 4. The fraction of sp³-hybridized carbons (Fsp3) is 0.643. The Bertz CT molecular complexity index is 520. The van der Waals surface area contributed by atoms with Crippen LogP contribution in [0.15, 0.2) is 10.6 Å². The zero-order chi connectivity index (χ0) is 15.5. The zero-order valence-electron chi connectivity index (χ0n) is 12.7. The molecule has 2 rings (SSSR count). The second kappa shape index (κ2) is 6.26. The average molecular weight is 294 g/mol. The van der Waals surface area contributed by atoms with Gasteiger partial charge in [0, 0.05) is 19.7 Å². The zero-order valence-corrected chi connectivity index (χ0v) is 12.7. The summed E-state index contributed by atoms with van der Waals surface area (Å²) < 4.78 is 4.88. The van der Waals surface area contributed by atoms with E-state index in [2.05, 4.69) is 15.8 Å². The molecule has 2 heterocycles. The van der Waals surface area contributed by atoms with Crippen LogP contribution in [0.25, 0.3) is 0 Å². The van der Waals surface area contributed by atoms with Crippen molar-refractivity contribution in [3.63, 3.8) is 0 Å². The van der Waals surface area contributed by atoms with Gasteiger partial charge in [-0.2, -0.15) is 0 Å². The van der Waals surface area contributed by atoms with E-state index in [9.17, 15) is 9.59 Å². The van der Waals surface area contributed by atoms with Crippen molar-refractivity contribution in [1.82, 2.24) is 15.4 Å². The van der Waals surface area contributed by atoms with Crippen LogP contribution in [0.2, 0.25) is 0 Å². The number of amides is 2. The van der Waals surface area contributed by atoms with Crippen molar-refractivity contribution in [3.05, 3.63) is 11.8 Å². The minimum atomic E-state index is -0.433. The van der Waals surface area contributed by atoms with E-state index in [1.165, 1.54) is 4.90 Å². The number of carbonyl (C=O) groups excluding carboxylic acids is 2. The minimum Gasteiger partial charge on any atom is -0.360 e. The minimum absolute atomic E-state index is 0.000328. The summed E-state index contributed by atoms with van der Waals surface area (Å²) in [6, 6.07) is 1.63. The first-order valence-corrected chi connectivity index (χ1v) is 7.10. The quantitative estimate of drug-likeness (QED) is 0.856. The maximum Gasteiger partial charge on any atom is 0.245 e. The maximum atomic E-state index is 12.5. The summed E-state index contributed by atoms with van der Waals surface area (Å²) in [5.74, 6) is 0.687. The topological polar surface area (TPSA) is 87.5 Å². The predicted octanol–water partition coefficient (Wildman–Crippen LogP) is 0.770. The van der Waals surface area contributed by atoms with Crippen LogP contribution in [0.4, 0.5) is 5.82 Å². The lowest BCUT2D eigenvalue weighted by Crippen LogP contribution is -2.50. The van der Waals surface area contributed by atoms with Crippen LogP contribution in [-0.4, -0.2) is 48.6 Å². The molecule has 1 aromatic rings. The van der Waals surface area contributed by atoms with Crippen LogP contribution in [0.5, 0.6) is 0 Å². The molecule has 1 aromatic heterocycles. The third-order valence-corrected chi connectivity index (χ3v) is 3.74. The average Bonchev–Trinajstić information content (AvgIpc) is 2.83. The van der Waals surface area contributed by atoms with E-state index in [0.717, 1.165) is 19.4 Å². The van der Waals surface area contributed by atoms with E-state index in [4.69, 9.17) is 4.52 Å². The number of aryl methyl sites for hydroxylation is 1. The molecule has 1 aliphatic rings. The van der Waals surface area contributed by atoms with Gasteiger partial charge in [-0.15, -0.1) is 0 Å². The van der Waals surface area contributed by atoms with E-state index < -0.39 is 5.41 Å². The first-order valence-electron chi connectivity index (χ1n) is 7.10. The number of nitrogens with zero attached hydrogens (tertiary/aromatic N) is 2. The smallest absolute Gasteiger partial charge is 0.245 e. The third kappa shape index (κ3) is 3.81. The second-order valence-corrected chi connectivity index (χ2v) is 5.87. The highest BCUT2D eigenvalue weighted by molar-refractivity contribution is 5.94. The summed E-state index contributed by atoms with van der Waals surface area (Å²) in [5.41, 5.74) is -0.433.